The number of anilines is 2. The minimum absolute atomic E-state index is 0.911. The number of nitrogens with zero attached hydrogens (tertiary/aromatic N) is 5. The minimum Gasteiger partial charge on any atom is -0.353 e. The normalized spacial score (nSPS) is 17.8. The number of piperazine rings is 1. The highest BCUT2D eigenvalue weighted by Crippen LogP contribution is 2.29. The van der Waals surface area contributed by atoms with Crippen LogP contribution in [0.4, 0.5) is 11.6 Å². The Morgan fingerprint density at radius 1 is 0.917 bits per heavy atom. The number of hydrogen-bond acceptors (Lipinski definition) is 5. The molecular weight excluding hydrogens is 298 g/mol. The summed E-state index contributed by atoms with van der Waals surface area (Å²) in [4.78, 5) is 18.8. The van der Waals surface area contributed by atoms with E-state index in [1.807, 2.05) is 13.1 Å². The van der Waals surface area contributed by atoms with Crippen LogP contribution in [0.5, 0.6) is 0 Å². The van der Waals surface area contributed by atoms with Crippen LogP contribution < -0.4 is 9.80 Å². The molecule has 1 saturated heterocycles. The molecule has 1 fully saturated rings. The molecule has 5 nitrogen and oxygen atoms in total. The average Bonchev–Trinajstić information content (AvgIpc) is 2.61. The average molecular weight is 323 g/mol. The molecule has 3 heterocycles. The van der Waals surface area contributed by atoms with E-state index in [1.165, 1.54) is 35.5 Å². The second kappa shape index (κ2) is 6.38. The van der Waals surface area contributed by atoms with Crippen molar-refractivity contribution >= 4 is 11.6 Å². The van der Waals surface area contributed by atoms with Gasteiger partial charge in [0.2, 0.25) is 0 Å². The first kappa shape index (κ1) is 15.4. The molecule has 5 heteroatoms. The largest absolute Gasteiger partial charge is 0.353 e. The van der Waals surface area contributed by atoms with E-state index in [2.05, 4.69) is 38.8 Å². The van der Waals surface area contributed by atoms with E-state index in [0.29, 0.717) is 0 Å². The Kier molecular flexibility index (Phi) is 4.08. The fraction of sp³-hybridized carbons (Fsp3) is 0.526. The molecule has 1 aliphatic heterocycles. The highest BCUT2D eigenvalue weighted by atomic mass is 15.3. The van der Waals surface area contributed by atoms with Gasteiger partial charge < -0.3 is 9.80 Å². The lowest BCUT2D eigenvalue weighted by atomic mass is 9.96. The van der Waals surface area contributed by atoms with Crippen LogP contribution >= 0.6 is 0 Å². The Balaban J connectivity index is 1.53. The Morgan fingerprint density at radius 3 is 2.46 bits per heavy atom. The third-order valence-corrected chi connectivity index (χ3v) is 5.08. The summed E-state index contributed by atoms with van der Waals surface area (Å²) < 4.78 is 0. The molecule has 0 saturated carbocycles. The van der Waals surface area contributed by atoms with Crippen molar-refractivity contribution in [2.75, 3.05) is 36.0 Å². The molecule has 0 unspecified atom stereocenters. The van der Waals surface area contributed by atoms with Crippen molar-refractivity contribution in [3.63, 3.8) is 0 Å². The minimum atomic E-state index is 0.911. The van der Waals surface area contributed by atoms with Crippen LogP contribution in [0.1, 0.15) is 35.5 Å². The number of aryl methyl sites for hydroxylation is 3. The number of pyridine rings is 1. The van der Waals surface area contributed by atoms with Crippen molar-refractivity contribution in [3.05, 3.63) is 41.0 Å². The smallest absolute Gasteiger partial charge is 0.135 e. The van der Waals surface area contributed by atoms with Gasteiger partial charge in [-0.25, -0.2) is 15.0 Å². The molecule has 2 aliphatic rings. The molecule has 0 N–H and O–H groups in total. The first-order chi connectivity index (χ1) is 11.7. The molecule has 0 spiro atoms. The molecule has 24 heavy (non-hydrogen) atoms. The monoisotopic (exact) mass is 323 g/mol. The van der Waals surface area contributed by atoms with E-state index in [1.54, 1.807) is 0 Å². The van der Waals surface area contributed by atoms with Gasteiger partial charge in [-0.15, -0.1) is 0 Å². The molecule has 2 aromatic rings. The molecule has 0 amide bonds. The maximum atomic E-state index is 4.80. The van der Waals surface area contributed by atoms with E-state index >= 15 is 0 Å². The van der Waals surface area contributed by atoms with E-state index in [0.717, 1.165) is 50.7 Å². The molecule has 4 rings (SSSR count). The van der Waals surface area contributed by atoms with Crippen LogP contribution in [-0.4, -0.2) is 41.1 Å². The molecule has 2 aromatic heterocycles. The first-order valence-corrected chi connectivity index (χ1v) is 8.99. The Labute approximate surface area is 143 Å². The zero-order valence-corrected chi connectivity index (χ0v) is 14.6. The first-order valence-electron chi connectivity index (χ1n) is 8.99. The summed E-state index contributed by atoms with van der Waals surface area (Å²) >= 11 is 0. The summed E-state index contributed by atoms with van der Waals surface area (Å²) in [6.45, 7) is 8.13. The lowest BCUT2D eigenvalue weighted by Gasteiger charge is -2.37. The van der Waals surface area contributed by atoms with Gasteiger partial charge in [-0.1, -0.05) is 0 Å². The van der Waals surface area contributed by atoms with Crippen molar-refractivity contribution in [1.29, 1.82) is 0 Å². The van der Waals surface area contributed by atoms with Crippen molar-refractivity contribution in [2.24, 2.45) is 0 Å². The van der Waals surface area contributed by atoms with Crippen LogP contribution in [0.2, 0.25) is 0 Å². The lowest BCUT2D eigenvalue weighted by molar-refractivity contribution is 0.617. The van der Waals surface area contributed by atoms with Gasteiger partial charge in [0.25, 0.3) is 0 Å². The molecule has 0 radical (unpaired) electrons. The topological polar surface area (TPSA) is 45.2 Å². The third kappa shape index (κ3) is 2.95. The molecule has 0 bridgehead atoms. The van der Waals surface area contributed by atoms with Crippen molar-refractivity contribution in [3.8, 4) is 0 Å². The number of hydrogen-bond donors (Lipinski definition) is 0. The summed E-state index contributed by atoms with van der Waals surface area (Å²) in [6.07, 6.45) is 6.67. The highest BCUT2D eigenvalue weighted by molar-refractivity contribution is 5.52. The Hall–Kier alpha value is -2.17. The molecule has 0 aromatic carbocycles. The zero-order valence-electron chi connectivity index (χ0n) is 14.6. The van der Waals surface area contributed by atoms with Crippen LogP contribution in [-0.2, 0) is 12.8 Å². The van der Waals surface area contributed by atoms with Gasteiger partial charge in [0.15, 0.2) is 0 Å². The number of rotatable bonds is 2. The number of aromatic nitrogens is 3. The summed E-state index contributed by atoms with van der Waals surface area (Å²) in [6, 6.07) is 4.22. The molecule has 1 aliphatic carbocycles. The summed E-state index contributed by atoms with van der Waals surface area (Å²) in [5.41, 5.74) is 3.95. The van der Waals surface area contributed by atoms with Crippen molar-refractivity contribution < 1.29 is 0 Å². The van der Waals surface area contributed by atoms with Gasteiger partial charge in [0, 0.05) is 43.6 Å². The van der Waals surface area contributed by atoms with Crippen LogP contribution in [0.25, 0.3) is 0 Å². The van der Waals surface area contributed by atoms with E-state index in [4.69, 9.17) is 4.98 Å². The lowest BCUT2D eigenvalue weighted by Crippen LogP contribution is -2.47. The maximum Gasteiger partial charge on any atom is 0.135 e. The number of fused-ring (bicyclic) bond motifs is 1. The maximum absolute atomic E-state index is 4.80. The zero-order chi connectivity index (χ0) is 16.5. The Morgan fingerprint density at radius 2 is 1.67 bits per heavy atom. The molecule has 126 valence electrons. The Bertz CT molecular complexity index is 735. The van der Waals surface area contributed by atoms with E-state index in [9.17, 15) is 0 Å². The summed E-state index contributed by atoms with van der Waals surface area (Å²) in [7, 11) is 0. The second-order valence-corrected chi connectivity index (χ2v) is 6.89. The van der Waals surface area contributed by atoms with Crippen LogP contribution in [0.3, 0.4) is 0 Å². The van der Waals surface area contributed by atoms with E-state index < -0.39 is 0 Å². The van der Waals surface area contributed by atoms with E-state index in [-0.39, 0.29) is 0 Å². The fourth-order valence-corrected chi connectivity index (χ4v) is 3.80. The van der Waals surface area contributed by atoms with Crippen LogP contribution in [0.15, 0.2) is 18.3 Å². The predicted octanol–water partition coefficient (Wildman–Crippen LogP) is 2.69. The van der Waals surface area contributed by atoms with Gasteiger partial charge in [-0.3, -0.25) is 0 Å². The van der Waals surface area contributed by atoms with Crippen molar-refractivity contribution in [1.82, 2.24) is 15.0 Å². The van der Waals surface area contributed by atoms with Gasteiger partial charge in [0.05, 0.1) is 0 Å². The fourth-order valence-electron chi connectivity index (χ4n) is 3.80. The quantitative estimate of drug-likeness (QED) is 0.850. The predicted molar refractivity (Wildman–Crippen MR) is 96.8 cm³/mol. The summed E-state index contributed by atoms with van der Waals surface area (Å²) in [5.74, 6) is 3.19. The van der Waals surface area contributed by atoms with Crippen LogP contribution in [0, 0.1) is 13.8 Å². The molecular formula is C19H25N5. The van der Waals surface area contributed by atoms with Gasteiger partial charge in [-0.05, 0) is 57.2 Å². The van der Waals surface area contributed by atoms with Gasteiger partial charge >= 0.3 is 0 Å². The standard InChI is InChI=1S/C19H25N5/c1-14-7-8-20-18(13-14)23-9-11-24(12-10-23)19-16-5-3-4-6-17(16)21-15(2)22-19/h7-8,13H,3-6,9-12H2,1-2H3. The SMILES string of the molecule is Cc1ccnc(N2CCN(c3nc(C)nc4c3CCCC4)CC2)c1. The summed E-state index contributed by atoms with van der Waals surface area (Å²) in [5, 5.41) is 0. The second-order valence-electron chi connectivity index (χ2n) is 6.89. The third-order valence-electron chi connectivity index (χ3n) is 5.08. The highest BCUT2D eigenvalue weighted by Gasteiger charge is 2.24. The molecule has 0 atom stereocenters. The van der Waals surface area contributed by atoms with Gasteiger partial charge in [0.1, 0.15) is 17.5 Å². The van der Waals surface area contributed by atoms with Crippen molar-refractivity contribution in [2.45, 2.75) is 39.5 Å². The van der Waals surface area contributed by atoms with Gasteiger partial charge in [-0.2, -0.15) is 0 Å².